The number of thiocarbonyl (C=S) groups is 1. The van der Waals surface area contributed by atoms with Crippen molar-refractivity contribution in [2.45, 2.75) is 12.8 Å². The molecular weight excluding hydrogens is 240 g/mol. The van der Waals surface area contributed by atoms with E-state index in [0.717, 1.165) is 5.69 Å². The van der Waals surface area contributed by atoms with Crippen molar-refractivity contribution < 1.29 is 14.4 Å². The molecule has 1 aliphatic heterocycles. The van der Waals surface area contributed by atoms with Gasteiger partial charge in [0.15, 0.2) is 0 Å². The maximum atomic E-state index is 11.3. The number of nitrogens with zero attached hydrogens (tertiary/aromatic N) is 1. The number of benzene rings is 1. The number of rotatable bonds is 2. The molecule has 1 fully saturated rings. The molecule has 88 valence electrons. The zero-order valence-electron chi connectivity index (χ0n) is 8.88. The van der Waals surface area contributed by atoms with Gasteiger partial charge in [0.1, 0.15) is 0 Å². The van der Waals surface area contributed by atoms with E-state index < -0.39 is 0 Å². The first-order valence-electron chi connectivity index (χ1n) is 5.06. The zero-order chi connectivity index (χ0) is 12.3. The number of anilines is 1. The van der Waals surface area contributed by atoms with E-state index >= 15 is 0 Å². The van der Waals surface area contributed by atoms with Gasteiger partial charge < -0.3 is 10.2 Å². The van der Waals surface area contributed by atoms with Crippen LogP contribution in [0, 0.1) is 0 Å². The van der Waals surface area contributed by atoms with Crippen molar-refractivity contribution >= 4 is 34.9 Å². The molecule has 0 aromatic heterocycles. The van der Waals surface area contributed by atoms with Crippen LogP contribution in [0.5, 0.6) is 0 Å². The first-order chi connectivity index (χ1) is 8.16. The Bertz CT molecular complexity index is 445. The smallest absolute Gasteiger partial charge is 0.291 e. The molecule has 6 heteroatoms. The van der Waals surface area contributed by atoms with Crippen molar-refractivity contribution in [2.75, 3.05) is 5.32 Å². The molecule has 0 spiro atoms. The second kappa shape index (κ2) is 4.92. The van der Waals surface area contributed by atoms with Gasteiger partial charge in [-0.1, -0.05) is 18.2 Å². The van der Waals surface area contributed by atoms with Crippen molar-refractivity contribution in [1.82, 2.24) is 5.06 Å². The second-order valence-corrected chi connectivity index (χ2v) is 3.82. The normalized spacial score (nSPS) is 14.9. The Labute approximate surface area is 103 Å². The summed E-state index contributed by atoms with van der Waals surface area (Å²) >= 11 is 4.90. The fourth-order valence-corrected chi connectivity index (χ4v) is 1.60. The predicted molar refractivity (Wildman–Crippen MR) is 64.8 cm³/mol. The lowest BCUT2D eigenvalue weighted by molar-refractivity contribution is -0.166. The van der Waals surface area contributed by atoms with E-state index in [2.05, 4.69) is 5.32 Å². The molecule has 0 bridgehead atoms. The lowest BCUT2D eigenvalue weighted by Gasteiger charge is -2.15. The fourth-order valence-electron chi connectivity index (χ4n) is 1.40. The average molecular weight is 250 g/mol. The van der Waals surface area contributed by atoms with Crippen LogP contribution in [-0.4, -0.2) is 22.1 Å². The molecule has 1 heterocycles. The molecule has 0 saturated carbocycles. The maximum absolute atomic E-state index is 11.3. The molecule has 1 aliphatic rings. The van der Waals surface area contributed by atoms with Crippen molar-refractivity contribution in [3.63, 3.8) is 0 Å². The Kier molecular flexibility index (Phi) is 3.34. The SMILES string of the molecule is O=C1CCC(=O)N1OC(=S)Nc1ccccc1. The van der Waals surface area contributed by atoms with Gasteiger partial charge in [0, 0.05) is 18.5 Å². The molecule has 0 aliphatic carbocycles. The Hall–Kier alpha value is -1.95. The minimum atomic E-state index is -0.368. The van der Waals surface area contributed by atoms with E-state index in [1.54, 1.807) is 12.1 Å². The van der Waals surface area contributed by atoms with Crippen molar-refractivity contribution in [3.8, 4) is 0 Å². The Morgan fingerprint density at radius 2 is 1.76 bits per heavy atom. The van der Waals surface area contributed by atoms with Gasteiger partial charge in [-0.2, -0.15) is 0 Å². The third-order valence-corrected chi connectivity index (χ3v) is 2.38. The van der Waals surface area contributed by atoms with E-state index in [-0.39, 0.29) is 29.8 Å². The van der Waals surface area contributed by atoms with Gasteiger partial charge >= 0.3 is 0 Å². The van der Waals surface area contributed by atoms with E-state index in [1.807, 2.05) is 18.2 Å². The number of hydrogen-bond donors (Lipinski definition) is 1. The third-order valence-electron chi connectivity index (χ3n) is 2.20. The maximum Gasteiger partial charge on any atom is 0.291 e. The third kappa shape index (κ3) is 2.79. The Morgan fingerprint density at radius 3 is 2.35 bits per heavy atom. The fraction of sp³-hybridized carbons (Fsp3) is 0.182. The van der Waals surface area contributed by atoms with Gasteiger partial charge in [-0.05, 0) is 24.4 Å². The number of carbonyl (C=O) groups is 2. The van der Waals surface area contributed by atoms with Crippen LogP contribution < -0.4 is 5.32 Å². The largest absolute Gasteiger partial charge is 0.338 e. The van der Waals surface area contributed by atoms with Crippen LogP contribution >= 0.6 is 12.2 Å². The summed E-state index contributed by atoms with van der Waals surface area (Å²) in [6, 6.07) is 9.11. The average Bonchev–Trinajstić information content (AvgIpc) is 2.62. The summed E-state index contributed by atoms with van der Waals surface area (Å²) < 4.78 is 0. The number of hydroxylamine groups is 2. The van der Waals surface area contributed by atoms with Gasteiger partial charge in [0.05, 0.1) is 0 Å². The van der Waals surface area contributed by atoms with Crippen LogP contribution in [0.1, 0.15) is 12.8 Å². The lowest BCUT2D eigenvalue weighted by Crippen LogP contribution is -2.33. The minimum Gasteiger partial charge on any atom is -0.338 e. The molecule has 17 heavy (non-hydrogen) atoms. The number of hydrogen-bond acceptors (Lipinski definition) is 4. The van der Waals surface area contributed by atoms with E-state index in [9.17, 15) is 9.59 Å². The van der Waals surface area contributed by atoms with Gasteiger partial charge in [-0.3, -0.25) is 9.59 Å². The summed E-state index contributed by atoms with van der Waals surface area (Å²) in [7, 11) is 0. The van der Waals surface area contributed by atoms with Crippen LogP contribution in [0.25, 0.3) is 0 Å². The van der Waals surface area contributed by atoms with Gasteiger partial charge in [-0.25, -0.2) is 0 Å². The van der Waals surface area contributed by atoms with Crippen LogP contribution in [-0.2, 0) is 14.4 Å². The van der Waals surface area contributed by atoms with Crippen LogP contribution in [0.2, 0.25) is 0 Å². The van der Waals surface area contributed by atoms with Crippen molar-refractivity contribution in [3.05, 3.63) is 30.3 Å². The second-order valence-electron chi connectivity index (χ2n) is 3.45. The summed E-state index contributed by atoms with van der Waals surface area (Å²) in [6.07, 6.45) is 0.347. The highest BCUT2D eigenvalue weighted by Crippen LogP contribution is 2.13. The highest BCUT2D eigenvalue weighted by atomic mass is 32.1. The number of amides is 2. The first-order valence-corrected chi connectivity index (χ1v) is 5.47. The molecule has 1 N–H and O–H groups in total. The standard InChI is InChI=1S/C11H10N2O3S/c14-9-6-7-10(15)13(9)16-11(17)12-8-4-2-1-3-5-8/h1-5H,6-7H2,(H,12,17). The predicted octanol–water partition coefficient (Wildman–Crippen LogP) is 1.46. The molecule has 0 unspecified atom stereocenters. The van der Waals surface area contributed by atoms with Gasteiger partial charge in [0.2, 0.25) is 0 Å². The Balaban J connectivity index is 1.94. The van der Waals surface area contributed by atoms with Crippen LogP contribution in [0.4, 0.5) is 5.69 Å². The molecule has 1 aromatic rings. The first kappa shape index (κ1) is 11.5. The molecule has 0 atom stereocenters. The molecule has 1 aromatic carbocycles. The number of para-hydroxylation sites is 1. The number of carbonyl (C=O) groups excluding carboxylic acids is 2. The summed E-state index contributed by atoms with van der Waals surface area (Å²) in [4.78, 5) is 27.5. The lowest BCUT2D eigenvalue weighted by atomic mass is 10.3. The highest BCUT2D eigenvalue weighted by Gasteiger charge is 2.31. The summed E-state index contributed by atoms with van der Waals surface area (Å²) in [5.74, 6) is -0.737. The monoisotopic (exact) mass is 250 g/mol. The number of imide groups is 1. The van der Waals surface area contributed by atoms with Crippen LogP contribution in [0.3, 0.4) is 0 Å². The minimum absolute atomic E-state index is 0.0280. The van der Waals surface area contributed by atoms with Crippen molar-refractivity contribution in [2.24, 2.45) is 0 Å². The topological polar surface area (TPSA) is 58.6 Å². The molecule has 1 saturated heterocycles. The summed E-state index contributed by atoms with van der Waals surface area (Å²) in [5.41, 5.74) is 0.733. The zero-order valence-corrected chi connectivity index (χ0v) is 9.70. The van der Waals surface area contributed by atoms with Crippen LogP contribution in [0.15, 0.2) is 30.3 Å². The summed E-state index contributed by atoms with van der Waals surface area (Å²) in [5, 5.41) is 3.45. The summed E-state index contributed by atoms with van der Waals surface area (Å²) in [6.45, 7) is 0. The molecule has 2 amide bonds. The van der Waals surface area contributed by atoms with Crippen molar-refractivity contribution in [1.29, 1.82) is 0 Å². The quantitative estimate of drug-likeness (QED) is 0.636. The van der Waals surface area contributed by atoms with E-state index in [1.165, 1.54) is 0 Å². The van der Waals surface area contributed by atoms with Gasteiger partial charge in [-0.15, -0.1) is 5.06 Å². The molecule has 5 nitrogen and oxygen atoms in total. The number of nitrogens with one attached hydrogen (secondary N) is 1. The van der Waals surface area contributed by atoms with E-state index in [4.69, 9.17) is 17.1 Å². The van der Waals surface area contributed by atoms with E-state index in [0.29, 0.717) is 5.06 Å². The highest BCUT2D eigenvalue weighted by molar-refractivity contribution is 7.80. The molecular formula is C11H10N2O3S. The van der Waals surface area contributed by atoms with Gasteiger partial charge in [0.25, 0.3) is 17.0 Å². The molecule has 0 radical (unpaired) electrons. The molecule has 2 rings (SSSR count). The Morgan fingerprint density at radius 1 is 1.18 bits per heavy atom.